The van der Waals surface area contributed by atoms with Crippen molar-refractivity contribution in [2.75, 3.05) is 0 Å². The van der Waals surface area contributed by atoms with E-state index in [1.54, 1.807) is 6.08 Å². The third-order valence-electron chi connectivity index (χ3n) is 0.605. The number of allylic oxidation sites excluding steroid dienone is 2. The van der Waals surface area contributed by atoms with Crippen LogP contribution >= 0.6 is 23.2 Å². The van der Waals surface area contributed by atoms with E-state index in [2.05, 4.69) is 6.58 Å². The smallest absolute Gasteiger partial charge is 0.0998 e. The summed E-state index contributed by atoms with van der Waals surface area (Å²) in [7, 11) is 0. The Hall–Kier alpha value is 0.0600. The molecule has 0 atom stereocenters. The Balaban J connectivity index is 3.45. The predicted molar refractivity (Wildman–Crippen MR) is 39.2 cm³/mol. The lowest BCUT2D eigenvalue weighted by Gasteiger charge is -1.87. The van der Waals surface area contributed by atoms with Crippen LogP contribution in [0.25, 0.3) is 0 Å². The van der Waals surface area contributed by atoms with E-state index in [-0.39, 0.29) is 0 Å². The molecule has 0 aliphatic carbocycles. The first-order valence-corrected chi connectivity index (χ1v) is 3.04. The van der Waals surface area contributed by atoms with Gasteiger partial charge in [-0.05, 0) is 13.3 Å². The highest BCUT2D eigenvalue weighted by atomic mass is 35.5. The summed E-state index contributed by atoms with van der Waals surface area (Å²) in [6.45, 7) is 5.59. The molecule has 0 aliphatic heterocycles. The molecular formula is C6H8Cl2. The summed E-state index contributed by atoms with van der Waals surface area (Å²) in [5, 5.41) is 0. The fourth-order valence-electron chi connectivity index (χ4n) is 0.251. The van der Waals surface area contributed by atoms with Crippen molar-refractivity contribution in [2.45, 2.75) is 13.3 Å². The highest BCUT2D eigenvalue weighted by molar-refractivity contribution is 6.55. The van der Waals surface area contributed by atoms with Gasteiger partial charge in [-0.1, -0.05) is 41.4 Å². The van der Waals surface area contributed by atoms with Crippen LogP contribution in [-0.2, 0) is 0 Å². The van der Waals surface area contributed by atoms with Crippen molar-refractivity contribution in [3.63, 3.8) is 0 Å². The summed E-state index contributed by atoms with van der Waals surface area (Å²) in [4.78, 5) is 0. The summed E-state index contributed by atoms with van der Waals surface area (Å²) < 4.78 is 0.313. The van der Waals surface area contributed by atoms with Gasteiger partial charge >= 0.3 is 0 Å². The number of hydrogen-bond acceptors (Lipinski definition) is 0. The zero-order valence-corrected chi connectivity index (χ0v) is 6.26. The topological polar surface area (TPSA) is 0 Å². The van der Waals surface area contributed by atoms with Crippen LogP contribution in [0.2, 0.25) is 0 Å². The van der Waals surface area contributed by atoms with Gasteiger partial charge in [-0.25, -0.2) is 0 Å². The lowest BCUT2D eigenvalue weighted by Crippen LogP contribution is -1.65. The van der Waals surface area contributed by atoms with Crippen LogP contribution in [0.3, 0.4) is 0 Å². The average molecular weight is 151 g/mol. The van der Waals surface area contributed by atoms with Gasteiger partial charge in [-0.15, -0.1) is 0 Å². The van der Waals surface area contributed by atoms with Crippen molar-refractivity contribution >= 4 is 23.2 Å². The summed E-state index contributed by atoms with van der Waals surface area (Å²) >= 11 is 10.6. The lowest BCUT2D eigenvalue weighted by atomic mass is 10.2. The normalized spacial score (nSPS) is 8.38. The maximum Gasteiger partial charge on any atom is 0.103 e. The molecule has 0 fully saturated rings. The minimum Gasteiger partial charge on any atom is -0.0998 e. The zero-order valence-electron chi connectivity index (χ0n) is 4.75. The SMILES string of the molecule is C=C(C)CC=C(Cl)Cl. The van der Waals surface area contributed by atoms with E-state index in [9.17, 15) is 0 Å². The molecule has 0 unspecified atom stereocenters. The van der Waals surface area contributed by atoms with Crippen molar-refractivity contribution in [3.8, 4) is 0 Å². The van der Waals surface area contributed by atoms with E-state index in [4.69, 9.17) is 23.2 Å². The molecule has 0 nitrogen and oxygen atoms in total. The second kappa shape index (κ2) is 3.99. The zero-order chi connectivity index (χ0) is 6.57. The van der Waals surface area contributed by atoms with Crippen LogP contribution in [0.15, 0.2) is 22.7 Å². The molecule has 0 amide bonds. The summed E-state index contributed by atoms with van der Waals surface area (Å²) in [6, 6.07) is 0. The second-order valence-corrected chi connectivity index (χ2v) is 2.66. The molecule has 0 radical (unpaired) electrons. The Labute approximate surface area is 59.8 Å². The summed E-state index contributed by atoms with van der Waals surface area (Å²) in [5.41, 5.74) is 1.06. The molecule has 0 saturated heterocycles. The fraction of sp³-hybridized carbons (Fsp3) is 0.333. The Kier molecular flexibility index (Phi) is 4.02. The molecule has 0 aromatic rings. The van der Waals surface area contributed by atoms with Crippen molar-refractivity contribution in [1.29, 1.82) is 0 Å². The van der Waals surface area contributed by atoms with E-state index in [0.29, 0.717) is 4.49 Å². The largest absolute Gasteiger partial charge is 0.103 e. The van der Waals surface area contributed by atoms with E-state index in [1.165, 1.54) is 0 Å². The van der Waals surface area contributed by atoms with E-state index < -0.39 is 0 Å². The van der Waals surface area contributed by atoms with Crippen LogP contribution in [0.4, 0.5) is 0 Å². The lowest BCUT2D eigenvalue weighted by molar-refractivity contribution is 1.23. The average Bonchev–Trinajstić information content (AvgIpc) is 1.61. The first-order chi connectivity index (χ1) is 3.63. The number of hydrogen-bond donors (Lipinski definition) is 0. The van der Waals surface area contributed by atoms with Gasteiger partial charge in [0.05, 0.1) is 0 Å². The Morgan fingerprint density at radius 2 is 2.12 bits per heavy atom. The molecule has 0 aromatic carbocycles. The minimum absolute atomic E-state index is 0.313. The summed E-state index contributed by atoms with van der Waals surface area (Å²) in [6.07, 6.45) is 2.48. The van der Waals surface area contributed by atoms with Crippen LogP contribution in [0.5, 0.6) is 0 Å². The molecule has 0 spiro atoms. The van der Waals surface area contributed by atoms with Crippen LogP contribution in [0, 0.1) is 0 Å². The van der Waals surface area contributed by atoms with Gasteiger partial charge in [-0.3, -0.25) is 0 Å². The first-order valence-electron chi connectivity index (χ1n) is 2.28. The number of halogens is 2. The quantitative estimate of drug-likeness (QED) is 0.531. The van der Waals surface area contributed by atoms with Gasteiger partial charge in [-0.2, -0.15) is 0 Å². The molecule has 8 heavy (non-hydrogen) atoms. The molecule has 0 N–H and O–H groups in total. The molecule has 0 rings (SSSR count). The van der Waals surface area contributed by atoms with Crippen molar-refractivity contribution < 1.29 is 0 Å². The van der Waals surface area contributed by atoms with Crippen LogP contribution in [-0.4, -0.2) is 0 Å². The van der Waals surface area contributed by atoms with Gasteiger partial charge in [0, 0.05) is 0 Å². The molecule has 0 heterocycles. The van der Waals surface area contributed by atoms with Gasteiger partial charge < -0.3 is 0 Å². The van der Waals surface area contributed by atoms with Crippen molar-refractivity contribution in [2.24, 2.45) is 0 Å². The molecule has 0 aliphatic rings. The molecule has 0 saturated carbocycles. The molecular weight excluding hydrogens is 143 g/mol. The highest BCUT2D eigenvalue weighted by Gasteiger charge is 1.82. The first kappa shape index (κ1) is 8.06. The third-order valence-corrected chi connectivity index (χ3v) is 0.913. The summed E-state index contributed by atoms with van der Waals surface area (Å²) in [5.74, 6) is 0. The predicted octanol–water partition coefficient (Wildman–Crippen LogP) is 3.27. The van der Waals surface area contributed by atoms with Crippen molar-refractivity contribution in [3.05, 3.63) is 22.7 Å². The molecule has 2 heteroatoms. The second-order valence-electron chi connectivity index (χ2n) is 1.66. The molecule has 0 bridgehead atoms. The Morgan fingerprint density at radius 1 is 1.62 bits per heavy atom. The van der Waals surface area contributed by atoms with Crippen LogP contribution < -0.4 is 0 Å². The maximum atomic E-state index is 5.31. The maximum absolute atomic E-state index is 5.31. The Morgan fingerprint density at radius 3 is 2.25 bits per heavy atom. The number of rotatable bonds is 2. The molecule has 0 aromatic heterocycles. The molecule has 46 valence electrons. The minimum atomic E-state index is 0.313. The Bertz CT molecular complexity index is 110. The third kappa shape index (κ3) is 6.06. The van der Waals surface area contributed by atoms with Gasteiger partial charge in [0.25, 0.3) is 0 Å². The van der Waals surface area contributed by atoms with E-state index in [1.807, 2.05) is 6.92 Å². The highest BCUT2D eigenvalue weighted by Crippen LogP contribution is 2.09. The van der Waals surface area contributed by atoms with Gasteiger partial charge in [0.15, 0.2) is 0 Å². The van der Waals surface area contributed by atoms with E-state index in [0.717, 1.165) is 12.0 Å². The monoisotopic (exact) mass is 150 g/mol. The fourth-order valence-corrected chi connectivity index (χ4v) is 0.406. The van der Waals surface area contributed by atoms with Gasteiger partial charge in [0.1, 0.15) is 4.49 Å². The van der Waals surface area contributed by atoms with Gasteiger partial charge in [0.2, 0.25) is 0 Å². The van der Waals surface area contributed by atoms with Crippen molar-refractivity contribution in [1.82, 2.24) is 0 Å². The van der Waals surface area contributed by atoms with Crippen LogP contribution in [0.1, 0.15) is 13.3 Å². The van der Waals surface area contributed by atoms with E-state index >= 15 is 0 Å². The standard InChI is InChI=1S/C6H8Cl2/c1-5(2)3-4-6(7)8/h4H,1,3H2,2H3.